The molecule has 0 unspecified atom stereocenters. The maximum atomic E-state index is 12.4. The molecule has 1 aromatic heterocycles. The average Bonchev–Trinajstić information content (AvgIpc) is 2.86. The van der Waals surface area contributed by atoms with E-state index in [1.807, 2.05) is 6.07 Å². The molecule has 6 nitrogen and oxygen atoms in total. The summed E-state index contributed by atoms with van der Waals surface area (Å²) >= 11 is 0. The highest BCUT2D eigenvalue weighted by molar-refractivity contribution is 5.78. The van der Waals surface area contributed by atoms with Gasteiger partial charge in [0.25, 0.3) is 0 Å². The topological polar surface area (TPSA) is 52.6 Å². The first-order valence-electron chi connectivity index (χ1n) is 8.34. The van der Waals surface area contributed by atoms with Crippen molar-refractivity contribution in [2.45, 2.75) is 25.7 Å². The summed E-state index contributed by atoms with van der Waals surface area (Å²) in [5.74, 6) is 1.28. The van der Waals surface area contributed by atoms with Gasteiger partial charge in [-0.1, -0.05) is 12.8 Å². The maximum absolute atomic E-state index is 12.4. The van der Waals surface area contributed by atoms with Crippen molar-refractivity contribution in [1.29, 1.82) is 0 Å². The molecule has 0 saturated carbocycles. The number of amides is 1. The lowest BCUT2D eigenvalue weighted by atomic mass is 10.2. The predicted molar refractivity (Wildman–Crippen MR) is 85.7 cm³/mol. The Labute approximate surface area is 132 Å². The Bertz CT molecular complexity index is 465. The molecule has 22 heavy (non-hydrogen) atoms. The average molecular weight is 303 g/mol. The zero-order valence-electron chi connectivity index (χ0n) is 13.2. The highest BCUT2D eigenvalue weighted by atomic mass is 16.2. The Morgan fingerprint density at radius 1 is 1.00 bits per heavy atom. The molecule has 2 saturated heterocycles. The number of aromatic nitrogens is 2. The van der Waals surface area contributed by atoms with Crippen LogP contribution in [0.2, 0.25) is 0 Å². The van der Waals surface area contributed by atoms with Gasteiger partial charge in [0.1, 0.15) is 12.1 Å². The number of carbonyl (C=O) groups excluding carboxylic acids is 1. The van der Waals surface area contributed by atoms with Gasteiger partial charge in [0.2, 0.25) is 5.91 Å². The Morgan fingerprint density at radius 3 is 2.36 bits per heavy atom. The molecule has 0 N–H and O–H groups in total. The van der Waals surface area contributed by atoms with E-state index < -0.39 is 0 Å². The van der Waals surface area contributed by atoms with Gasteiger partial charge in [0, 0.05) is 45.5 Å². The van der Waals surface area contributed by atoms with Crippen molar-refractivity contribution in [2.75, 3.05) is 50.7 Å². The molecule has 6 heteroatoms. The van der Waals surface area contributed by atoms with E-state index in [9.17, 15) is 4.79 Å². The molecule has 0 bridgehead atoms. The molecule has 0 spiro atoms. The minimum Gasteiger partial charge on any atom is -0.354 e. The van der Waals surface area contributed by atoms with Crippen LogP contribution in [0.4, 0.5) is 5.82 Å². The minimum absolute atomic E-state index is 0.303. The fourth-order valence-electron chi connectivity index (χ4n) is 3.22. The fourth-order valence-corrected chi connectivity index (χ4v) is 3.22. The standard InChI is InChI=1S/C16H25N5O/c22-16(21-7-3-1-2-4-8-21)13-19-9-11-20(12-10-19)15-5-6-17-14-18-15/h5-6,14H,1-4,7-13H2. The molecule has 0 radical (unpaired) electrons. The molecule has 1 amide bonds. The smallest absolute Gasteiger partial charge is 0.236 e. The lowest BCUT2D eigenvalue weighted by molar-refractivity contribution is -0.132. The second-order valence-electron chi connectivity index (χ2n) is 6.13. The molecule has 3 heterocycles. The number of hydrogen-bond acceptors (Lipinski definition) is 5. The number of carbonyl (C=O) groups is 1. The van der Waals surface area contributed by atoms with Gasteiger partial charge in [-0.05, 0) is 18.9 Å². The predicted octanol–water partition coefficient (Wildman–Crippen LogP) is 1.00. The van der Waals surface area contributed by atoms with Gasteiger partial charge < -0.3 is 9.80 Å². The minimum atomic E-state index is 0.303. The van der Waals surface area contributed by atoms with Crippen LogP contribution in [0.3, 0.4) is 0 Å². The summed E-state index contributed by atoms with van der Waals surface area (Å²) in [6.45, 7) is 6.14. The molecular weight excluding hydrogens is 278 g/mol. The first kappa shape index (κ1) is 15.2. The molecule has 1 aromatic rings. The third-order valence-corrected chi connectivity index (χ3v) is 4.58. The number of anilines is 1. The molecule has 0 aliphatic carbocycles. The zero-order valence-corrected chi connectivity index (χ0v) is 13.2. The van der Waals surface area contributed by atoms with E-state index in [0.29, 0.717) is 12.5 Å². The van der Waals surface area contributed by atoms with Crippen LogP contribution in [0, 0.1) is 0 Å². The van der Waals surface area contributed by atoms with E-state index in [1.54, 1.807) is 12.5 Å². The van der Waals surface area contributed by atoms with Gasteiger partial charge in [-0.25, -0.2) is 9.97 Å². The summed E-state index contributed by atoms with van der Waals surface area (Å²) < 4.78 is 0. The van der Waals surface area contributed by atoms with Crippen LogP contribution < -0.4 is 4.90 Å². The first-order chi connectivity index (χ1) is 10.8. The summed E-state index contributed by atoms with van der Waals surface area (Å²) in [5, 5.41) is 0. The fraction of sp³-hybridized carbons (Fsp3) is 0.688. The molecule has 0 aromatic carbocycles. The van der Waals surface area contributed by atoms with Gasteiger partial charge in [-0.2, -0.15) is 0 Å². The van der Waals surface area contributed by atoms with Crippen LogP contribution in [-0.4, -0.2) is 71.5 Å². The molecule has 2 aliphatic heterocycles. The van der Waals surface area contributed by atoms with Gasteiger partial charge in [0.05, 0.1) is 6.54 Å². The second kappa shape index (κ2) is 7.54. The van der Waals surface area contributed by atoms with Gasteiger partial charge in [-0.15, -0.1) is 0 Å². The number of piperazine rings is 1. The van der Waals surface area contributed by atoms with Crippen LogP contribution in [0.5, 0.6) is 0 Å². The Kier molecular flexibility index (Phi) is 5.21. The number of nitrogens with zero attached hydrogens (tertiary/aromatic N) is 5. The Balaban J connectivity index is 1.46. The quantitative estimate of drug-likeness (QED) is 0.834. The monoisotopic (exact) mass is 303 g/mol. The Morgan fingerprint density at radius 2 is 1.73 bits per heavy atom. The first-order valence-corrected chi connectivity index (χ1v) is 8.34. The summed E-state index contributed by atoms with van der Waals surface area (Å²) in [6, 6.07) is 1.94. The molecule has 2 fully saturated rings. The molecular formula is C16H25N5O. The largest absolute Gasteiger partial charge is 0.354 e. The lowest BCUT2D eigenvalue weighted by Crippen LogP contribution is -2.50. The maximum Gasteiger partial charge on any atom is 0.236 e. The third kappa shape index (κ3) is 3.94. The number of hydrogen-bond donors (Lipinski definition) is 0. The number of rotatable bonds is 3. The summed E-state index contributed by atoms with van der Waals surface area (Å²) in [4.78, 5) is 27.3. The van der Waals surface area contributed by atoms with Crippen molar-refractivity contribution < 1.29 is 4.79 Å². The third-order valence-electron chi connectivity index (χ3n) is 4.58. The van der Waals surface area contributed by atoms with Crippen molar-refractivity contribution >= 4 is 11.7 Å². The highest BCUT2D eigenvalue weighted by Gasteiger charge is 2.22. The van der Waals surface area contributed by atoms with Crippen LogP contribution in [-0.2, 0) is 4.79 Å². The summed E-state index contributed by atoms with van der Waals surface area (Å²) in [6.07, 6.45) is 8.21. The second-order valence-corrected chi connectivity index (χ2v) is 6.13. The Hall–Kier alpha value is -1.69. The zero-order chi connectivity index (χ0) is 15.2. The van der Waals surface area contributed by atoms with E-state index in [1.165, 1.54) is 12.8 Å². The van der Waals surface area contributed by atoms with Gasteiger partial charge >= 0.3 is 0 Å². The normalized spacial score (nSPS) is 20.7. The SMILES string of the molecule is O=C(CN1CCN(c2ccncn2)CC1)N1CCCCCC1. The number of likely N-dealkylation sites (tertiary alicyclic amines) is 1. The molecule has 3 rings (SSSR count). The molecule has 120 valence electrons. The lowest BCUT2D eigenvalue weighted by Gasteiger charge is -2.35. The van der Waals surface area contributed by atoms with Crippen molar-refractivity contribution in [3.8, 4) is 0 Å². The highest BCUT2D eigenvalue weighted by Crippen LogP contribution is 2.13. The van der Waals surface area contributed by atoms with Crippen molar-refractivity contribution in [3.63, 3.8) is 0 Å². The molecule has 2 aliphatic rings. The van der Waals surface area contributed by atoms with E-state index in [2.05, 4.69) is 24.7 Å². The molecule has 0 atom stereocenters. The van der Waals surface area contributed by atoms with Crippen LogP contribution >= 0.6 is 0 Å². The van der Waals surface area contributed by atoms with Crippen molar-refractivity contribution in [1.82, 2.24) is 19.8 Å². The van der Waals surface area contributed by atoms with Crippen molar-refractivity contribution in [3.05, 3.63) is 18.6 Å². The summed E-state index contributed by atoms with van der Waals surface area (Å²) in [5.41, 5.74) is 0. The van der Waals surface area contributed by atoms with Gasteiger partial charge in [-0.3, -0.25) is 9.69 Å². The van der Waals surface area contributed by atoms with E-state index in [4.69, 9.17) is 0 Å². The van der Waals surface area contributed by atoms with Crippen LogP contribution in [0.15, 0.2) is 18.6 Å². The van der Waals surface area contributed by atoms with E-state index in [-0.39, 0.29) is 0 Å². The van der Waals surface area contributed by atoms with E-state index in [0.717, 1.165) is 57.9 Å². The van der Waals surface area contributed by atoms with Crippen molar-refractivity contribution in [2.24, 2.45) is 0 Å². The van der Waals surface area contributed by atoms with E-state index >= 15 is 0 Å². The van der Waals surface area contributed by atoms with Crippen LogP contribution in [0.25, 0.3) is 0 Å². The summed E-state index contributed by atoms with van der Waals surface area (Å²) in [7, 11) is 0. The van der Waals surface area contributed by atoms with Gasteiger partial charge in [0.15, 0.2) is 0 Å². The van der Waals surface area contributed by atoms with Crippen LogP contribution in [0.1, 0.15) is 25.7 Å².